The number of hydrogen-bond acceptors (Lipinski definition) is 3. The van der Waals surface area contributed by atoms with Crippen LogP contribution in [0, 0.1) is 17.1 Å². The van der Waals surface area contributed by atoms with Crippen LogP contribution in [0.5, 0.6) is 0 Å². The van der Waals surface area contributed by atoms with Crippen molar-refractivity contribution in [2.24, 2.45) is 0 Å². The second-order valence-corrected chi connectivity index (χ2v) is 4.97. The minimum absolute atomic E-state index is 0.346. The molecule has 2 N–H and O–H groups in total. The molecule has 0 aromatic heterocycles. The summed E-state index contributed by atoms with van der Waals surface area (Å²) in [6.45, 7) is 3.50. The number of benzene rings is 2. The molecule has 2 aromatic carbocycles. The first-order chi connectivity index (χ1) is 10.1. The van der Waals surface area contributed by atoms with E-state index in [2.05, 4.69) is 11.8 Å². The maximum Gasteiger partial charge on any atom is 0.124 e. The Kier molecular flexibility index (Phi) is 4.78. The third-order valence-corrected chi connectivity index (χ3v) is 3.21. The first kappa shape index (κ1) is 14.9. The van der Waals surface area contributed by atoms with Gasteiger partial charge in [0.05, 0.1) is 11.6 Å². The molecule has 0 fully saturated rings. The lowest BCUT2D eigenvalue weighted by atomic mass is 10.1. The second-order valence-electron chi connectivity index (χ2n) is 4.97. The Morgan fingerprint density at radius 2 is 1.90 bits per heavy atom. The van der Waals surface area contributed by atoms with Crippen LogP contribution in [0.3, 0.4) is 0 Å². The number of nitrogens with zero attached hydrogens (tertiary/aromatic N) is 2. The molecule has 0 amide bonds. The Bertz CT molecular complexity index is 644. The highest BCUT2D eigenvalue weighted by Gasteiger charge is 2.08. The van der Waals surface area contributed by atoms with Crippen LogP contribution in [0.15, 0.2) is 42.5 Å². The fraction of sp³-hybridized carbons (Fsp3) is 0.235. The van der Waals surface area contributed by atoms with E-state index in [9.17, 15) is 4.39 Å². The lowest BCUT2D eigenvalue weighted by Gasteiger charge is -2.24. The number of rotatable bonds is 5. The van der Waals surface area contributed by atoms with Crippen LogP contribution in [0.2, 0.25) is 0 Å². The average molecular weight is 283 g/mol. The number of hydrogen-bond donors (Lipinski definition) is 1. The molecule has 0 aliphatic rings. The molecule has 0 saturated heterocycles. The Morgan fingerprint density at radius 1 is 1.19 bits per heavy atom. The zero-order valence-electron chi connectivity index (χ0n) is 12.0. The lowest BCUT2D eigenvalue weighted by molar-refractivity contribution is 0.623. The predicted molar refractivity (Wildman–Crippen MR) is 83.3 cm³/mol. The van der Waals surface area contributed by atoms with Crippen molar-refractivity contribution in [1.82, 2.24) is 0 Å². The van der Waals surface area contributed by atoms with Gasteiger partial charge in [-0.15, -0.1) is 0 Å². The van der Waals surface area contributed by atoms with Gasteiger partial charge < -0.3 is 10.6 Å². The van der Waals surface area contributed by atoms with Gasteiger partial charge >= 0.3 is 0 Å². The standard InChI is InChI=1S/C17H18FN3/c1-2-7-21(17-5-3-16(20)4-6-17)12-14-8-13(11-19)9-15(18)10-14/h3-6,8-10H,2,7,12,20H2,1H3. The summed E-state index contributed by atoms with van der Waals surface area (Å²) < 4.78 is 13.5. The van der Waals surface area contributed by atoms with Crippen molar-refractivity contribution >= 4 is 11.4 Å². The van der Waals surface area contributed by atoms with Crippen molar-refractivity contribution in [3.05, 3.63) is 59.4 Å². The maximum absolute atomic E-state index is 13.5. The Hall–Kier alpha value is -2.54. The predicted octanol–water partition coefficient (Wildman–Crippen LogP) is 3.70. The van der Waals surface area contributed by atoms with Gasteiger partial charge in [0, 0.05) is 24.5 Å². The Labute approximate surface area is 124 Å². The van der Waals surface area contributed by atoms with Crippen molar-refractivity contribution in [2.45, 2.75) is 19.9 Å². The van der Waals surface area contributed by atoms with E-state index >= 15 is 0 Å². The van der Waals surface area contributed by atoms with Gasteiger partial charge in [-0.1, -0.05) is 6.92 Å². The summed E-state index contributed by atoms with van der Waals surface area (Å²) in [5.74, 6) is -0.377. The van der Waals surface area contributed by atoms with Gasteiger partial charge in [0.15, 0.2) is 0 Å². The first-order valence-electron chi connectivity index (χ1n) is 6.92. The smallest absolute Gasteiger partial charge is 0.124 e. The molecule has 0 aliphatic heterocycles. The molecule has 0 atom stereocenters. The molecule has 0 aliphatic carbocycles. The molecule has 0 spiro atoms. The summed E-state index contributed by atoms with van der Waals surface area (Å²) >= 11 is 0. The van der Waals surface area contributed by atoms with Crippen molar-refractivity contribution in [3.8, 4) is 6.07 Å². The topological polar surface area (TPSA) is 53.0 Å². The Balaban J connectivity index is 2.26. The van der Waals surface area contributed by atoms with E-state index in [-0.39, 0.29) is 5.82 Å². The highest BCUT2D eigenvalue weighted by molar-refractivity contribution is 5.53. The van der Waals surface area contributed by atoms with Crippen LogP contribution in [-0.2, 0) is 6.54 Å². The summed E-state index contributed by atoms with van der Waals surface area (Å²) in [6, 6.07) is 14.0. The number of nitrogens with two attached hydrogens (primary N) is 1. The van der Waals surface area contributed by atoms with Crippen LogP contribution in [0.25, 0.3) is 0 Å². The molecule has 0 bridgehead atoms. The summed E-state index contributed by atoms with van der Waals surface area (Å²) in [5.41, 5.74) is 8.59. The molecule has 3 nitrogen and oxygen atoms in total. The summed E-state index contributed by atoms with van der Waals surface area (Å²) in [7, 11) is 0. The van der Waals surface area contributed by atoms with Crippen LogP contribution in [0.4, 0.5) is 15.8 Å². The van der Waals surface area contributed by atoms with E-state index in [4.69, 9.17) is 11.0 Å². The molecule has 4 heteroatoms. The third-order valence-electron chi connectivity index (χ3n) is 3.21. The zero-order valence-corrected chi connectivity index (χ0v) is 12.0. The average Bonchev–Trinajstić information content (AvgIpc) is 2.47. The lowest BCUT2D eigenvalue weighted by Crippen LogP contribution is -2.23. The van der Waals surface area contributed by atoms with Crippen LogP contribution < -0.4 is 10.6 Å². The molecule has 108 valence electrons. The van der Waals surface area contributed by atoms with Gasteiger partial charge in [-0.2, -0.15) is 5.26 Å². The van der Waals surface area contributed by atoms with Crippen LogP contribution >= 0.6 is 0 Å². The molecule has 2 rings (SSSR count). The molecule has 21 heavy (non-hydrogen) atoms. The second kappa shape index (κ2) is 6.76. The zero-order chi connectivity index (χ0) is 15.2. The SMILES string of the molecule is CCCN(Cc1cc(F)cc(C#N)c1)c1ccc(N)cc1. The highest BCUT2D eigenvalue weighted by atomic mass is 19.1. The van der Waals surface area contributed by atoms with Gasteiger partial charge in [-0.05, 0) is 54.4 Å². The summed E-state index contributed by atoms with van der Waals surface area (Å²) in [4.78, 5) is 2.15. The number of nitriles is 1. The minimum atomic E-state index is -0.377. The van der Waals surface area contributed by atoms with E-state index in [0.717, 1.165) is 24.2 Å². The molecule has 2 aromatic rings. The Morgan fingerprint density at radius 3 is 2.52 bits per heavy atom. The monoisotopic (exact) mass is 283 g/mol. The maximum atomic E-state index is 13.5. The van der Waals surface area contributed by atoms with Crippen molar-refractivity contribution < 1.29 is 4.39 Å². The van der Waals surface area contributed by atoms with Gasteiger partial charge in [0.1, 0.15) is 5.82 Å². The van der Waals surface area contributed by atoms with Crippen molar-refractivity contribution in [2.75, 3.05) is 17.2 Å². The molecule has 0 saturated carbocycles. The first-order valence-corrected chi connectivity index (χ1v) is 6.92. The normalized spacial score (nSPS) is 10.1. The van der Waals surface area contributed by atoms with Crippen molar-refractivity contribution in [1.29, 1.82) is 5.26 Å². The molecular weight excluding hydrogens is 265 g/mol. The number of nitrogen functional groups attached to an aromatic ring is 1. The molecule has 0 unspecified atom stereocenters. The quantitative estimate of drug-likeness (QED) is 0.851. The molecular formula is C17H18FN3. The number of anilines is 2. The van der Waals surface area contributed by atoms with Gasteiger partial charge in [0.25, 0.3) is 0 Å². The minimum Gasteiger partial charge on any atom is -0.399 e. The molecule has 0 heterocycles. The van der Waals surface area contributed by atoms with Gasteiger partial charge in [0.2, 0.25) is 0 Å². The summed E-state index contributed by atoms with van der Waals surface area (Å²) in [5, 5.41) is 8.93. The summed E-state index contributed by atoms with van der Waals surface area (Å²) in [6.07, 6.45) is 0.977. The highest BCUT2D eigenvalue weighted by Crippen LogP contribution is 2.20. The fourth-order valence-electron chi connectivity index (χ4n) is 2.28. The van der Waals surface area contributed by atoms with E-state index in [0.29, 0.717) is 17.8 Å². The molecule has 0 radical (unpaired) electrons. The van der Waals surface area contributed by atoms with Crippen molar-refractivity contribution in [3.63, 3.8) is 0 Å². The van der Waals surface area contributed by atoms with E-state index in [1.54, 1.807) is 6.07 Å². The van der Waals surface area contributed by atoms with E-state index < -0.39 is 0 Å². The third kappa shape index (κ3) is 3.96. The van der Waals surface area contributed by atoms with E-state index in [1.807, 2.05) is 30.3 Å². The number of halogens is 1. The van der Waals surface area contributed by atoms with Gasteiger partial charge in [-0.3, -0.25) is 0 Å². The van der Waals surface area contributed by atoms with Gasteiger partial charge in [-0.25, -0.2) is 4.39 Å². The van der Waals surface area contributed by atoms with E-state index in [1.165, 1.54) is 12.1 Å². The van der Waals surface area contributed by atoms with Crippen LogP contribution in [0.1, 0.15) is 24.5 Å². The largest absolute Gasteiger partial charge is 0.399 e. The fourth-order valence-corrected chi connectivity index (χ4v) is 2.28. The van der Waals surface area contributed by atoms with Crippen LogP contribution in [-0.4, -0.2) is 6.54 Å².